The van der Waals surface area contributed by atoms with Gasteiger partial charge < -0.3 is 5.32 Å². The summed E-state index contributed by atoms with van der Waals surface area (Å²) in [6.07, 6.45) is 3.12. The summed E-state index contributed by atoms with van der Waals surface area (Å²) >= 11 is 0. The van der Waals surface area contributed by atoms with E-state index in [0.29, 0.717) is 5.69 Å². The minimum Gasteiger partial charge on any atom is -0.323 e. The Morgan fingerprint density at radius 1 is 1.44 bits per heavy atom. The van der Waals surface area contributed by atoms with Gasteiger partial charge in [0, 0.05) is 0 Å². The number of amides is 2. The van der Waals surface area contributed by atoms with Crippen molar-refractivity contribution in [2.75, 3.05) is 16.8 Å². The van der Waals surface area contributed by atoms with Gasteiger partial charge in [-0.1, -0.05) is 18.2 Å². The lowest BCUT2D eigenvalue weighted by molar-refractivity contribution is -0.119. The van der Waals surface area contributed by atoms with Crippen LogP contribution in [0.5, 0.6) is 0 Å². The molecule has 1 N–H and O–H groups in total. The fraction of sp³-hybridized carbons (Fsp3) is 0.167. The lowest BCUT2D eigenvalue weighted by atomic mass is 10.2. The molecule has 82 valence electrons. The Hall–Kier alpha value is -2.10. The second kappa shape index (κ2) is 4.18. The molecule has 0 saturated heterocycles. The lowest BCUT2D eigenvalue weighted by Gasteiger charge is -2.28. The number of nitrogens with one attached hydrogen (secondary N) is 1. The van der Waals surface area contributed by atoms with Crippen molar-refractivity contribution >= 4 is 23.2 Å². The van der Waals surface area contributed by atoms with Crippen LogP contribution in [0.3, 0.4) is 0 Å². The van der Waals surface area contributed by atoms with Gasteiger partial charge in [0.1, 0.15) is 6.54 Å². The molecule has 1 aliphatic rings. The Labute approximate surface area is 93.6 Å². The van der Waals surface area contributed by atoms with Crippen LogP contribution in [0.15, 0.2) is 36.4 Å². The average molecular weight is 216 g/mol. The van der Waals surface area contributed by atoms with E-state index in [1.54, 1.807) is 19.1 Å². The zero-order valence-electron chi connectivity index (χ0n) is 8.93. The number of nitrogens with zero attached hydrogens (tertiary/aromatic N) is 1. The molecule has 16 heavy (non-hydrogen) atoms. The maximum Gasteiger partial charge on any atom is 0.251 e. The molecule has 0 radical (unpaired) electrons. The fourth-order valence-corrected chi connectivity index (χ4v) is 1.66. The summed E-state index contributed by atoms with van der Waals surface area (Å²) in [7, 11) is 0. The quantitative estimate of drug-likeness (QED) is 0.724. The monoisotopic (exact) mass is 216 g/mol. The summed E-state index contributed by atoms with van der Waals surface area (Å²) in [4.78, 5) is 24.6. The normalized spacial score (nSPS) is 14.8. The van der Waals surface area contributed by atoms with Crippen LogP contribution in [0.25, 0.3) is 0 Å². The minimum absolute atomic E-state index is 0.0696. The second-order valence-electron chi connectivity index (χ2n) is 3.49. The van der Waals surface area contributed by atoms with E-state index in [-0.39, 0.29) is 18.4 Å². The van der Waals surface area contributed by atoms with E-state index in [4.69, 9.17) is 0 Å². The first-order chi connectivity index (χ1) is 7.72. The number of anilines is 2. The van der Waals surface area contributed by atoms with Crippen LogP contribution in [0, 0.1) is 0 Å². The number of allylic oxidation sites excluding steroid dienone is 1. The number of carbonyl (C=O) groups is 2. The van der Waals surface area contributed by atoms with Gasteiger partial charge in [-0.15, -0.1) is 0 Å². The molecule has 0 aliphatic carbocycles. The molecule has 0 atom stereocenters. The van der Waals surface area contributed by atoms with Gasteiger partial charge in [0.15, 0.2) is 0 Å². The van der Waals surface area contributed by atoms with Gasteiger partial charge in [0.25, 0.3) is 5.91 Å². The number of benzene rings is 1. The van der Waals surface area contributed by atoms with Crippen LogP contribution in [-0.4, -0.2) is 18.4 Å². The summed E-state index contributed by atoms with van der Waals surface area (Å²) in [5.74, 6) is -0.346. The summed E-state index contributed by atoms with van der Waals surface area (Å²) in [5, 5.41) is 2.73. The van der Waals surface area contributed by atoms with E-state index in [1.165, 1.54) is 11.0 Å². The maximum absolute atomic E-state index is 11.8. The van der Waals surface area contributed by atoms with Crippen molar-refractivity contribution in [1.29, 1.82) is 0 Å². The number of carbonyl (C=O) groups excluding carboxylic acids is 2. The lowest BCUT2D eigenvalue weighted by Crippen LogP contribution is -2.41. The van der Waals surface area contributed by atoms with Crippen LogP contribution in [0.4, 0.5) is 11.4 Å². The molecule has 2 rings (SSSR count). The minimum atomic E-state index is -0.176. The first-order valence-corrected chi connectivity index (χ1v) is 5.05. The molecule has 0 saturated carbocycles. The van der Waals surface area contributed by atoms with Gasteiger partial charge in [-0.2, -0.15) is 0 Å². The predicted molar refractivity (Wildman–Crippen MR) is 62.2 cm³/mol. The van der Waals surface area contributed by atoms with Gasteiger partial charge in [-0.3, -0.25) is 14.5 Å². The van der Waals surface area contributed by atoms with Crippen molar-refractivity contribution in [2.24, 2.45) is 0 Å². The zero-order valence-corrected chi connectivity index (χ0v) is 8.93. The summed E-state index contributed by atoms with van der Waals surface area (Å²) in [5.41, 5.74) is 1.42. The Morgan fingerprint density at radius 2 is 2.19 bits per heavy atom. The van der Waals surface area contributed by atoms with E-state index < -0.39 is 0 Å². The Balaban J connectivity index is 2.41. The number of rotatable bonds is 1. The summed E-state index contributed by atoms with van der Waals surface area (Å²) < 4.78 is 0. The molecule has 4 nitrogen and oxygen atoms in total. The van der Waals surface area contributed by atoms with Crippen LogP contribution < -0.4 is 10.2 Å². The number of fused-ring (bicyclic) bond motifs is 1. The molecule has 1 aromatic carbocycles. The van der Waals surface area contributed by atoms with Gasteiger partial charge in [-0.05, 0) is 25.1 Å². The molecule has 4 heteroatoms. The molecule has 0 aromatic heterocycles. The SMILES string of the molecule is CC=CC(=O)N1CC(=O)Nc2ccccc21. The van der Waals surface area contributed by atoms with Crippen molar-refractivity contribution in [3.05, 3.63) is 36.4 Å². The van der Waals surface area contributed by atoms with E-state index in [1.807, 2.05) is 18.2 Å². The van der Waals surface area contributed by atoms with Gasteiger partial charge in [0.2, 0.25) is 5.91 Å². The van der Waals surface area contributed by atoms with Crippen LogP contribution in [0.2, 0.25) is 0 Å². The molecule has 1 heterocycles. The predicted octanol–water partition coefficient (Wildman–Crippen LogP) is 1.55. The topological polar surface area (TPSA) is 49.4 Å². The van der Waals surface area contributed by atoms with Crippen molar-refractivity contribution in [1.82, 2.24) is 0 Å². The standard InChI is InChI=1S/C12H12N2O2/c1-2-5-12(16)14-8-11(15)13-9-6-3-4-7-10(9)14/h2-7H,8H2,1H3,(H,13,15). The highest BCUT2D eigenvalue weighted by molar-refractivity contribution is 6.12. The zero-order chi connectivity index (χ0) is 11.5. The molecule has 0 fully saturated rings. The Bertz CT molecular complexity index is 466. The van der Waals surface area contributed by atoms with E-state index in [0.717, 1.165) is 5.69 Å². The van der Waals surface area contributed by atoms with Crippen molar-refractivity contribution in [2.45, 2.75) is 6.92 Å². The molecular formula is C12H12N2O2. The molecule has 0 unspecified atom stereocenters. The molecule has 0 spiro atoms. The highest BCUT2D eigenvalue weighted by Crippen LogP contribution is 2.28. The third-order valence-electron chi connectivity index (χ3n) is 2.35. The number of hydrogen-bond donors (Lipinski definition) is 1. The van der Waals surface area contributed by atoms with Gasteiger partial charge in [-0.25, -0.2) is 0 Å². The molecule has 1 aromatic rings. The molecule has 0 bridgehead atoms. The number of hydrogen-bond acceptors (Lipinski definition) is 2. The van der Waals surface area contributed by atoms with Crippen molar-refractivity contribution in [3.63, 3.8) is 0 Å². The van der Waals surface area contributed by atoms with Crippen LogP contribution in [0.1, 0.15) is 6.92 Å². The summed E-state index contributed by atoms with van der Waals surface area (Å²) in [6.45, 7) is 1.84. The first-order valence-electron chi connectivity index (χ1n) is 5.05. The van der Waals surface area contributed by atoms with Crippen LogP contribution >= 0.6 is 0 Å². The van der Waals surface area contributed by atoms with E-state index >= 15 is 0 Å². The first kappa shape index (κ1) is 10.4. The largest absolute Gasteiger partial charge is 0.323 e. The molecular weight excluding hydrogens is 204 g/mol. The number of para-hydroxylation sites is 2. The third kappa shape index (κ3) is 1.82. The highest BCUT2D eigenvalue weighted by Gasteiger charge is 2.24. The van der Waals surface area contributed by atoms with Crippen LogP contribution in [-0.2, 0) is 9.59 Å². The molecule has 2 amide bonds. The fourth-order valence-electron chi connectivity index (χ4n) is 1.66. The van der Waals surface area contributed by atoms with Gasteiger partial charge >= 0.3 is 0 Å². The smallest absolute Gasteiger partial charge is 0.251 e. The summed E-state index contributed by atoms with van der Waals surface area (Å²) in [6, 6.07) is 7.26. The molecule has 1 aliphatic heterocycles. The van der Waals surface area contributed by atoms with Gasteiger partial charge in [0.05, 0.1) is 11.4 Å². The van der Waals surface area contributed by atoms with E-state index in [2.05, 4.69) is 5.32 Å². The average Bonchev–Trinajstić information content (AvgIpc) is 2.28. The Kier molecular flexibility index (Phi) is 2.72. The van der Waals surface area contributed by atoms with E-state index in [9.17, 15) is 9.59 Å². The highest BCUT2D eigenvalue weighted by atomic mass is 16.2. The Morgan fingerprint density at radius 3 is 2.94 bits per heavy atom. The van der Waals surface area contributed by atoms with Crippen molar-refractivity contribution < 1.29 is 9.59 Å². The second-order valence-corrected chi connectivity index (χ2v) is 3.49. The maximum atomic E-state index is 11.8. The third-order valence-corrected chi connectivity index (χ3v) is 2.35. The van der Waals surface area contributed by atoms with Crippen molar-refractivity contribution in [3.8, 4) is 0 Å².